The van der Waals surface area contributed by atoms with Gasteiger partial charge in [-0.15, -0.1) is 0 Å². The quantitative estimate of drug-likeness (QED) is 0.543. The lowest BCUT2D eigenvalue weighted by Crippen LogP contribution is -2.37. The molecule has 10 heteroatoms. The predicted octanol–water partition coefficient (Wildman–Crippen LogP) is 2.74. The van der Waals surface area contributed by atoms with Crippen molar-refractivity contribution in [2.45, 2.75) is 12.5 Å². The van der Waals surface area contributed by atoms with Crippen LogP contribution < -0.4 is 29.7 Å². The first kappa shape index (κ1) is 22.4. The van der Waals surface area contributed by atoms with Crippen molar-refractivity contribution >= 4 is 34.3 Å². The fraction of sp³-hybridized carbons (Fsp3) is 0.346. The second-order valence-corrected chi connectivity index (χ2v) is 9.14. The average Bonchev–Trinajstić information content (AvgIpc) is 3.27. The van der Waals surface area contributed by atoms with Gasteiger partial charge in [0.1, 0.15) is 17.6 Å². The minimum absolute atomic E-state index is 0.00953. The molecule has 0 aliphatic carbocycles. The van der Waals surface area contributed by atoms with Crippen LogP contribution in [0.4, 0.5) is 16.2 Å². The number of nitrogens with one attached hydrogen (secondary N) is 2. The molecule has 2 N–H and O–H groups in total. The van der Waals surface area contributed by atoms with Crippen LogP contribution in [0.5, 0.6) is 17.4 Å². The van der Waals surface area contributed by atoms with Crippen LogP contribution in [-0.2, 0) is 16.0 Å². The van der Waals surface area contributed by atoms with E-state index in [-0.39, 0.29) is 24.5 Å². The third kappa shape index (κ3) is 4.24. The number of hydrogen-bond acceptors (Lipinski definition) is 8. The van der Waals surface area contributed by atoms with Gasteiger partial charge in [0.15, 0.2) is 6.61 Å². The summed E-state index contributed by atoms with van der Waals surface area (Å²) in [6, 6.07) is 13.1. The molecule has 1 aromatic heterocycles. The first-order chi connectivity index (χ1) is 17.6. The normalized spacial score (nSPS) is 20.6. The Kier molecular flexibility index (Phi) is 5.73. The number of rotatable bonds is 6. The summed E-state index contributed by atoms with van der Waals surface area (Å²) >= 11 is 0. The molecular formula is C26H26N4O6. The molecule has 2 amide bonds. The summed E-state index contributed by atoms with van der Waals surface area (Å²) < 4.78 is 22.3. The third-order valence-corrected chi connectivity index (χ3v) is 6.66. The molecule has 1 saturated heterocycles. The van der Waals surface area contributed by atoms with Crippen LogP contribution in [0.1, 0.15) is 5.56 Å². The summed E-state index contributed by atoms with van der Waals surface area (Å²) in [5, 5.41) is 7.26. The van der Waals surface area contributed by atoms with E-state index in [1.165, 1.54) is 0 Å². The van der Waals surface area contributed by atoms with Gasteiger partial charge >= 0.3 is 6.09 Å². The molecular weight excluding hydrogens is 464 g/mol. The number of hydrogen-bond donors (Lipinski definition) is 2. The lowest BCUT2D eigenvalue weighted by atomic mass is 9.94. The van der Waals surface area contributed by atoms with Crippen LogP contribution >= 0.6 is 0 Å². The van der Waals surface area contributed by atoms with Crippen molar-refractivity contribution in [1.29, 1.82) is 0 Å². The Morgan fingerprint density at radius 3 is 2.86 bits per heavy atom. The van der Waals surface area contributed by atoms with Crippen molar-refractivity contribution in [2.24, 2.45) is 5.92 Å². The first-order valence-corrected chi connectivity index (χ1v) is 11.9. The highest BCUT2D eigenvalue weighted by Crippen LogP contribution is 2.35. The molecule has 2 unspecified atom stereocenters. The predicted molar refractivity (Wildman–Crippen MR) is 132 cm³/mol. The van der Waals surface area contributed by atoms with E-state index in [1.54, 1.807) is 30.2 Å². The monoisotopic (exact) mass is 490 g/mol. The summed E-state index contributed by atoms with van der Waals surface area (Å²) in [4.78, 5) is 30.3. The van der Waals surface area contributed by atoms with Gasteiger partial charge < -0.3 is 29.6 Å². The lowest BCUT2D eigenvalue weighted by Gasteiger charge is -2.26. The largest absolute Gasteiger partial charge is 0.493 e. The average molecular weight is 491 g/mol. The van der Waals surface area contributed by atoms with Crippen molar-refractivity contribution in [2.75, 3.05) is 50.2 Å². The summed E-state index contributed by atoms with van der Waals surface area (Å²) in [5.41, 5.74) is 3.20. The lowest BCUT2D eigenvalue weighted by molar-refractivity contribution is -0.118. The van der Waals surface area contributed by atoms with Crippen LogP contribution in [0.2, 0.25) is 0 Å². The van der Waals surface area contributed by atoms with Gasteiger partial charge in [-0.2, -0.15) is 0 Å². The number of carbonyl (C=O) groups excluding carboxylic acids is 2. The highest BCUT2D eigenvalue weighted by molar-refractivity contribution is 5.97. The van der Waals surface area contributed by atoms with Crippen LogP contribution in [0.25, 0.3) is 10.9 Å². The van der Waals surface area contributed by atoms with Gasteiger partial charge in [-0.1, -0.05) is 0 Å². The van der Waals surface area contributed by atoms with Crippen molar-refractivity contribution in [3.63, 3.8) is 0 Å². The number of methoxy groups -OCH3 is 1. The minimum Gasteiger partial charge on any atom is -0.493 e. The second-order valence-electron chi connectivity index (χ2n) is 9.14. The van der Waals surface area contributed by atoms with E-state index < -0.39 is 6.09 Å². The molecule has 36 heavy (non-hydrogen) atoms. The van der Waals surface area contributed by atoms with Gasteiger partial charge in [0, 0.05) is 41.7 Å². The van der Waals surface area contributed by atoms with Gasteiger partial charge in [0.2, 0.25) is 5.88 Å². The molecule has 3 aliphatic heterocycles. The summed E-state index contributed by atoms with van der Waals surface area (Å²) in [6.45, 7) is 2.26. The van der Waals surface area contributed by atoms with Crippen molar-refractivity contribution < 1.29 is 28.5 Å². The summed E-state index contributed by atoms with van der Waals surface area (Å²) in [6.07, 6.45) is 0.133. The topological polar surface area (TPSA) is 111 Å². The maximum Gasteiger partial charge on any atom is 0.414 e. The fourth-order valence-electron chi connectivity index (χ4n) is 4.87. The SMILES string of the molecule is COc1ccc2ccc3c(c2n1)CC(CNCC1CN(c2ccc4c(c2)NC(=O)CO4)C(=O)O1)CO3. The number of fused-ring (bicyclic) bond motifs is 4. The van der Waals surface area contributed by atoms with Gasteiger partial charge in [-0.05, 0) is 42.8 Å². The number of nitrogens with zero attached hydrogens (tertiary/aromatic N) is 2. The van der Waals surface area contributed by atoms with Crippen molar-refractivity contribution in [3.05, 3.63) is 48.0 Å². The molecule has 1 fully saturated rings. The van der Waals surface area contributed by atoms with Gasteiger partial charge in [-0.3, -0.25) is 9.69 Å². The first-order valence-electron chi connectivity index (χ1n) is 11.9. The number of cyclic esters (lactones) is 1. The van der Waals surface area contributed by atoms with Gasteiger partial charge in [0.25, 0.3) is 5.91 Å². The number of aromatic nitrogens is 1. The Morgan fingerprint density at radius 2 is 1.97 bits per heavy atom. The number of carbonyl (C=O) groups is 2. The fourth-order valence-corrected chi connectivity index (χ4v) is 4.87. The number of pyridine rings is 1. The maximum atomic E-state index is 12.5. The van der Waals surface area contributed by atoms with E-state index in [9.17, 15) is 9.59 Å². The molecule has 3 aromatic rings. The molecule has 0 saturated carbocycles. The highest BCUT2D eigenvalue weighted by Gasteiger charge is 2.33. The van der Waals surface area contributed by atoms with E-state index in [0.29, 0.717) is 42.7 Å². The van der Waals surface area contributed by atoms with Crippen LogP contribution in [-0.4, -0.2) is 63.0 Å². The third-order valence-electron chi connectivity index (χ3n) is 6.66. The number of anilines is 2. The number of ether oxygens (including phenoxy) is 4. The molecule has 0 radical (unpaired) electrons. The van der Waals surface area contributed by atoms with E-state index in [0.717, 1.165) is 35.2 Å². The zero-order valence-corrected chi connectivity index (χ0v) is 19.8. The van der Waals surface area contributed by atoms with E-state index in [4.69, 9.17) is 18.9 Å². The van der Waals surface area contributed by atoms with Crippen molar-refractivity contribution in [1.82, 2.24) is 10.3 Å². The summed E-state index contributed by atoms with van der Waals surface area (Å²) in [5.74, 6) is 2.07. The molecule has 2 atom stereocenters. The number of amides is 2. The molecule has 3 aliphatic rings. The van der Waals surface area contributed by atoms with Gasteiger partial charge in [-0.25, -0.2) is 9.78 Å². The zero-order chi connectivity index (χ0) is 24.6. The molecule has 186 valence electrons. The number of benzene rings is 2. The standard InChI is InChI=1S/C26H26N4O6/c1-33-24-7-3-16-2-5-21-19(25(16)29-24)8-15(13-34-21)10-27-11-18-12-30(26(32)36-18)17-4-6-22-20(9-17)28-23(31)14-35-22/h2-7,9,15,18,27H,8,10-14H2,1H3,(H,28,31). The molecule has 2 aromatic carbocycles. The molecule has 0 bridgehead atoms. The Labute approximate surface area is 207 Å². The van der Waals surface area contributed by atoms with Crippen LogP contribution in [0.3, 0.4) is 0 Å². The van der Waals surface area contributed by atoms with Crippen molar-refractivity contribution in [3.8, 4) is 17.4 Å². The van der Waals surface area contributed by atoms with Gasteiger partial charge in [0.05, 0.1) is 31.5 Å². The molecule has 6 rings (SSSR count). The van der Waals surface area contributed by atoms with E-state index in [2.05, 4.69) is 15.6 Å². The minimum atomic E-state index is -0.411. The zero-order valence-electron chi connectivity index (χ0n) is 19.8. The van der Waals surface area contributed by atoms with Crippen LogP contribution in [0, 0.1) is 5.92 Å². The van der Waals surface area contributed by atoms with Crippen LogP contribution in [0.15, 0.2) is 42.5 Å². The van der Waals surface area contributed by atoms with E-state index >= 15 is 0 Å². The Hall–Kier alpha value is -4.05. The Balaban J connectivity index is 1.06. The highest BCUT2D eigenvalue weighted by atomic mass is 16.6. The molecule has 10 nitrogen and oxygen atoms in total. The van der Waals surface area contributed by atoms with E-state index in [1.807, 2.05) is 24.3 Å². The smallest absolute Gasteiger partial charge is 0.414 e. The Morgan fingerprint density at radius 1 is 1.11 bits per heavy atom. The summed E-state index contributed by atoms with van der Waals surface area (Å²) in [7, 11) is 1.61. The molecule has 4 heterocycles. The second kappa shape index (κ2) is 9.19. The molecule has 0 spiro atoms. The Bertz CT molecular complexity index is 1340. The maximum absolute atomic E-state index is 12.5.